The number of hydrogen-bond donors (Lipinski definition) is 1. The number of carbonyl (C=O) groups is 1. The van der Waals surface area contributed by atoms with Crippen LogP contribution < -0.4 is 10.1 Å². The summed E-state index contributed by atoms with van der Waals surface area (Å²) in [4.78, 5) is 12.0. The van der Waals surface area contributed by atoms with Gasteiger partial charge in [-0.25, -0.2) is 0 Å². The molecule has 1 amide bonds. The van der Waals surface area contributed by atoms with Gasteiger partial charge in [0, 0.05) is 16.6 Å². The van der Waals surface area contributed by atoms with E-state index in [9.17, 15) is 4.79 Å². The van der Waals surface area contributed by atoms with Crippen LogP contribution in [0.3, 0.4) is 0 Å². The Morgan fingerprint density at radius 2 is 1.86 bits per heavy atom. The van der Waals surface area contributed by atoms with Gasteiger partial charge in [-0.1, -0.05) is 34.1 Å². The Morgan fingerprint density at radius 3 is 2.57 bits per heavy atom. The summed E-state index contributed by atoms with van der Waals surface area (Å²) in [5, 5.41) is 2.89. The number of halogens is 1. The SMILES string of the molecule is CCOc1ccccc1CCC(=O)Nc1ccc(Br)cc1. The van der Waals surface area contributed by atoms with Crippen molar-refractivity contribution in [3.63, 3.8) is 0 Å². The first-order chi connectivity index (χ1) is 10.2. The monoisotopic (exact) mass is 347 g/mol. The zero-order valence-corrected chi connectivity index (χ0v) is 13.5. The lowest BCUT2D eigenvalue weighted by Crippen LogP contribution is -2.12. The van der Waals surface area contributed by atoms with Crippen LogP contribution in [0.2, 0.25) is 0 Å². The Morgan fingerprint density at radius 1 is 1.14 bits per heavy atom. The molecule has 0 spiro atoms. The third-order valence-corrected chi connectivity index (χ3v) is 3.55. The number of aryl methyl sites for hydroxylation is 1. The largest absolute Gasteiger partial charge is 0.494 e. The van der Waals surface area contributed by atoms with E-state index in [-0.39, 0.29) is 5.91 Å². The van der Waals surface area contributed by atoms with E-state index in [0.29, 0.717) is 19.4 Å². The molecule has 0 saturated carbocycles. The number of anilines is 1. The van der Waals surface area contributed by atoms with Gasteiger partial charge in [-0.05, 0) is 49.2 Å². The summed E-state index contributed by atoms with van der Waals surface area (Å²) in [6, 6.07) is 15.4. The fraction of sp³-hybridized carbons (Fsp3) is 0.235. The van der Waals surface area contributed by atoms with Crippen LogP contribution in [-0.4, -0.2) is 12.5 Å². The first-order valence-electron chi connectivity index (χ1n) is 6.95. The van der Waals surface area contributed by atoms with Gasteiger partial charge in [0.15, 0.2) is 0 Å². The molecule has 2 aromatic rings. The molecule has 0 radical (unpaired) electrons. The molecule has 0 bridgehead atoms. The van der Waals surface area contributed by atoms with Gasteiger partial charge in [-0.3, -0.25) is 4.79 Å². The molecule has 21 heavy (non-hydrogen) atoms. The number of ether oxygens (including phenoxy) is 1. The fourth-order valence-corrected chi connectivity index (χ4v) is 2.28. The van der Waals surface area contributed by atoms with Crippen LogP contribution in [-0.2, 0) is 11.2 Å². The van der Waals surface area contributed by atoms with E-state index in [1.165, 1.54) is 0 Å². The van der Waals surface area contributed by atoms with Crippen molar-refractivity contribution in [1.29, 1.82) is 0 Å². The highest BCUT2D eigenvalue weighted by Crippen LogP contribution is 2.20. The molecular formula is C17H18BrNO2. The number of hydrogen-bond acceptors (Lipinski definition) is 2. The van der Waals surface area contributed by atoms with Gasteiger partial charge in [0.1, 0.15) is 5.75 Å². The molecular weight excluding hydrogens is 330 g/mol. The lowest BCUT2D eigenvalue weighted by atomic mass is 10.1. The van der Waals surface area contributed by atoms with E-state index in [0.717, 1.165) is 21.5 Å². The molecule has 0 fully saturated rings. The maximum atomic E-state index is 12.0. The number of amides is 1. The topological polar surface area (TPSA) is 38.3 Å². The fourth-order valence-electron chi connectivity index (χ4n) is 2.01. The summed E-state index contributed by atoms with van der Waals surface area (Å²) >= 11 is 3.37. The van der Waals surface area contributed by atoms with Crippen LogP contribution in [0.5, 0.6) is 5.75 Å². The van der Waals surface area contributed by atoms with Crippen molar-refractivity contribution in [2.24, 2.45) is 0 Å². The summed E-state index contributed by atoms with van der Waals surface area (Å²) in [5.41, 5.74) is 1.87. The molecule has 0 unspecified atom stereocenters. The van der Waals surface area contributed by atoms with Crippen molar-refractivity contribution >= 4 is 27.5 Å². The van der Waals surface area contributed by atoms with Gasteiger partial charge in [0.05, 0.1) is 6.61 Å². The molecule has 0 heterocycles. The molecule has 2 rings (SSSR count). The lowest BCUT2D eigenvalue weighted by molar-refractivity contribution is -0.116. The maximum absolute atomic E-state index is 12.0. The minimum Gasteiger partial charge on any atom is -0.494 e. The minimum atomic E-state index is 0.00336. The molecule has 0 aliphatic carbocycles. The molecule has 0 aromatic heterocycles. The zero-order chi connectivity index (χ0) is 15.1. The number of para-hydroxylation sites is 1. The Hall–Kier alpha value is -1.81. The first-order valence-corrected chi connectivity index (χ1v) is 7.74. The number of nitrogens with one attached hydrogen (secondary N) is 1. The van der Waals surface area contributed by atoms with Crippen molar-refractivity contribution in [2.75, 3.05) is 11.9 Å². The van der Waals surface area contributed by atoms with Crippen LogP contribution in [0.1, 0.15) is 18.9 Å². The highest BCUT2D eigenvalue weighted by Gasteiger charge is 2.07. The Bertz CT molecular complexity index is 596. The van der Waals surface area contributed by atoms with Crippen LogP contribution >= 0.6 is 15.9 Å². The van der Waals surface area contributed by atoms with Gasteiger partial charge in [0.2, 0.25) is 5.91 Å². The summed E-state index contributed by atoms with van der Waals surface area (Å²) in [7, 11) is 0. The molecule has 1 N–H and O–H groups in total. The second-order valence-electron chi connectivity index (χ2n) is 4.60. The van der Waals surface area contributed by atoms with E-state index in [4.69, 9.17) is 4.74 Å². The van der Waals surface area contributed by atoms with Crippen LogP contribution in [0.4, 0.5) is 5.69 Å². The average Bonchev–Trinajstić information content (AvgIpc) is 2.49. The van der Waals surface area contributed by atoms with Crippen molar-refractivity contribution < 1.29 is 9.53 Å². The Kier molecular flexibility index (Phi) is 5.81. The molecule has 0 aliphatic heterocycles. The number of benzene rings is 2. The van der Waals surface area contributed by atoms with Crippen LogP contribution in [0.15, 0.2) is 53.0 Å². The van der Waals surface area contributed by atoms with Crippen molar-refractivity contribution in [3.8, 4) is 5.75 Å². The second-order valence-corrected chi connectivity index (χ2v) is 5.51. The maximum Gasteiger partial charge on any atom is 0.224 e. The standard InChI is InChI=1S/C17H18BrNO2/c1-2-21-16-6-4-3-5-13(16)7-12-17(20)19-15-10-8-14(18)9-11-15/h3-6,8-11H,2,7,12H2,1H3,(H,19,20). The molecule has 3 nitrogen and oxygen atoms in total. The summed E-state index contributed by atoms with van der Waals surface area (Å²) in [5.74, 6) is 0.861. The summed E-state index contributed by atoms with van der Waals surface area (Å²) in [6.45, 7) is 2.58. The van der Waals surface area contributed by atoms with E-state index in [1.54, 1.807) is 0 Å². The van der Waals surface area contributed by atoms with Crippen molar-refractivity contribution in [1.82, 2.24) is 0 Å². The summed E-state index contributed by atoms with van der Waals surface area (Å²) < 4.78 is 6.56. The number of rotatable bonds is 6. The van der Waals surface area contributed by atoms with Gasteiger partial charge in [-0.15, -0.1) is 0 Å². The van der Waals surface area contributed by atoms with Gasteiger partial charge in [0.25, 0.3) is 0 Å². The van der Waals surface area contributed by atoms with Gasteiger partial charge >= 0.3 is 0 Å². The molecule has 4 heteroatoms. The van der Waals surface area contributed by atoms with Crippen LogP contribution in [0.25, 0.3) is 0 Å². The second kappa shape index (κ2) is 7.84. The Balaban J connectivity index is 1.90. The quantitative estimate of drug-likeness (QED) is 0.839. The van der Waals surface area contributed by atoms with E-state index < -0.39 is 0 Å². The minimum absolute atomic E-state index is 0.00336. The smallest absolute Gasteiger partial charge is 0.224 e. The van der Waals surface area contributed by atoms with Gasteiger partial charge < -0.3 is 10.1 Å². The Labute approximate surface area is 133 Å². The lowest BCUT2D eigenvalue weighted by Gasteiger charge is -2.10. The normalized spacial score (nSPS) is 10.2. The van der Waals surface area contributed by atoms with E-state index >= 15 is 0 Å². The predicted octanol–water partition coefficient (Wildman–Crippen LogP) is 4.42. The van der Waals surface area contributed by atoms with Crippen molar-refractivity contribution in [3.05, 3.63) is 58.6 Å². The van der Waals surface area contributed by atoms with E-state index in [2.05, 4.69) is 21.2 Å². The molecule has 0 saturated heterocycles. The average molecular weight is 348 g/mol. The van der Waals surface area contributed by atoms with Gasteiger partial charge in [-0.2, -0.15) is 0 Å². The highest BCUT2D eigenvalue weighted by molar-refractivity contribution is 9.10. The third-order valence-electron chi connectivity index (χ3n) is 3.02. The molecule has 0 atom stereocenters. The molecule has 0 aliphatic rings. The van der Waals surface area contributed by atoms with Crippen molar-refractivity contribution in [2.45, 2.75) is 19.8 Å². The van der Waals surface area contributed by atoms with Crippen LogP contribution in [0, 0.1) is 0 Å². The predicted molar refractivity (Wildman–Crippen MR) is 88.7 cm³/mol. The zero-order valence-electron chi connectivity index (χ0n) is 11.9. The molecule has 2 aromatic carbocycles. The number of carbonyl (C=O) groups excluding carboxylic acids is 1. The third kappa shape index (κ3) is 4.90. The van der Waals surface area contributed by atoms with E-state index in [1.807, 2.05) is 55.5 Å². The highest BCUT2D eigenvalue weighted by atomic mass is 79.9. The molecule has 110 valence electrons. The first kappa shape index (κ1) is 15.6. The summed E-state index contributed by atoms with van der Waals surface area (Å²) in [6.07, 6.45) is 1.10.